The number of carboxylic acid groups (broad SMARTS) is 2. The van der Waals surface area contributed by atoms with Gasteiger partial charge < -0.3 is 31.9 Å². The second kappa shape index (κ2) is 11.0. The van der Waals surface area contributed by atoms with Crippen molar-refractivity contribution < 1.29 is 34.2 Å². The summed E-state index contributed by atoms with van der Waals surface area (Å²) in [5.74, 6) is -4.95. The van der Waals surface area contributed by atoms with E-state index in [1.54, 1.807) is 0 Å². The van der Waals surface area contributed by atoms with Crippen LogP contribution in [0.4, 0.5) is 0 Å². The number of carboxylic acids is 2. The molecule has 0 radical (unpaired) electrons. The van der Waals surface area contributed by atoms with Gasteiger partial charge in [0.05, 0.1) is 12.5 Å². The van der Waals surface area contributed by atoms with Gasteiger partial charge in [0.25, 0.3) is 0 Å². The van der Waals surface area contributed by atoms with Crippen molar-refractivity contribution in [1.82, 2.24) is 16.0 Å². The smallest absolute Gasteiger partial charge is 0.322 e. The molecule has 0 aliphatic carbocycles. The Morgan fingerprint density at radius 2 is 1.38 bits per heavy atom. The average molecular weight is 374 g/mol. The third-order valence-electron chi connectivity index (χ3n) is 3.18. The number of nitrogens with two attached hydrogens (primary N) is 1. The molecule has 0 aliphatic heterocycles. The Morgan fingerprint density at radius 3 is 1.81 bits per heavy atom. The van der Waals surface area contributed by atoms with Crippen molar-refractivity contribution in [3.63, 3.8) is 0 Å². The van der Waals surface area contributed by atoms with Crippen LogP contribution in [0.3, 0.4) is 0 Å². The number of nitrogens with one attached hydrogen (secondary N) is 3. The molecule has 0 aliphatic rings. The van der Waals surface area contributed by atoms with Gasteiger partial charge in [-0.1, -0.05) is 13.8 Å². The Kier molecular flexibility index (Phi) is 9.89. The Hall–Kier alpha value is -2.69. The van der Waals surface area contributed by atoms with E-state index < -0.39 is 60.8 Å². The minimum Gasteiger partial charge on any atom is -0.481 e. The summed E-state index contributed by atoms with van der Waals surface area (Å²) in [6.07, 6.45) is -0.506. The SMILES string of the molecule is CC(C)CC(NC(=O)C(C)N)C(=O)NC(CC(=O)O)C(=O)NCC(=O)O. The first-order valence-corrected chi connectivity index (χ1v) is 8.01. The summed E-state index contributed by atoms with van der Waals surface area (Å²) in [6, 6.07) is -3.36. The minimum absolute atomic E-state index is 0.0119. The second-order valence-electron chi connectivity index (χ2n) is 6.25. The van der Waals surface area contributed by atoms with E-state index >= 15 is 0 Å². The average Bonchev–Trinajstić information content (AvgIpc) is 2.49. The Morgan fingerprint density at radius 1 is 0.846 bits per heavy atom. The van der Waals surface area contributed by atoms with Gasteiger partial charge in [-0.3, -0.25) is 24.0 Å². The number of aliphatic carboxylic acids is 2. The standard InChI is InChI=1S/C15H26N4O7/c1-7(2)4-9(18-13(24)8(3)16)15(26)19-10(5-11(20)21)14(25)17-6-12(22)23/h7-10H,4-6,16H2,1-3H3,(H,17,25)(H,18,24)(H,19,26)(H,20,21)(H,22,23). The van der Waals surface area contributed by atoms with Crippen molar-refractivity contribution in [2.45, 2.75) is 51.7 Å². The highest BCUT2D eigenvalue weighted by molar-refractivity contribution is 5.95. The van der Waals surface area contributed by atoms with Crippen molar-refractivity contribution in [2.24, 2.45) is 11.7 Å². The predicted molar refractivity (Wildman–Crippen MR) is 89.9 cm³/mol. The maximum absolute atomic E-state index is 12.4. The van der Waals surface area contributed by atoms with Crippen LogP contribution in [0, 0.1) is 5.92 Å². The lowest BCUT2D eigenvalue weighted by atomic mass is 10.0. The van der Waals surface area contributed by atoms with E-state index in [1.807, 2.05) is 19.2 Å². The van der Waals surface area contributed by atoms with E-state index in [2.05, 4.69) is 10.6 Å². The first-order chi connectivity index (χ1) is 11.9. The largest absolute Gasteiger partial charge is 0.481 e. The minimum atomic E-state index is -1.48. The van der Waals surface area contributed by atoms with Crippen LogP contribution >= 0.6 is 0 Å². The van der Waals surface area contributed by atoms with Gasteiger partial charge in [0.15, 0.2) is 0 Å². The summed E-state index contributed by atoms with van der Waals surface area (Å²) in [4.78, 5) is 57.5. The van der Waals surface area contributed by atoms with E-state index in [-0.39, 0.29) is 12.3 Å². The molecule has 0 aromatic rings. The third-order valence-corrected chi connectivity index (χ3v) is 3.18. The molecule has 0 saturated heterocycles. The zero-order valence-corrected chi connectivity index (χ0v) is 14.9. The molecule has 0 aromatic heterocycles. The van der Waals surface area contributed by atoms with E-state index in [4.69, 9.17) is 15.9 Å². The van der Waals surface area contributed by atoms with Gasteiger partial charge in [-0.05, 0) is 19.3 Å². The topological polar surface area (TPSA) is 188 Å². The van der Waals surface area contributed by atoms with Crippen LogP contribution in [0.2, 0.25) is 0 Å². The molecule has 26 heavy (non-hydrogen) atoms. The molecule has 0 aromatic carbocycles. The summed E-state index contributed by atoms with van der Waals surface area (Å²) in [7, 11) is 0. The van der Waals surface area contributed by atoms with Crippen molar-refractivity contribution in [3.8, 4) is 0 Å². The monoisotopic (exact) mass is 374 g/mol. The number of rotatable bonds is 11. The van der Waals surface area contributed by atoms with E-state index in [0.717, 1.165) is 0 Å². The van der Waals surface area contributed by atoms with Gasteiger partial charge in [-0.15, -0.1) is 0 Å². The maximum Gasteiger partial charge on any atom is 0.322 e. The molecule has 3 amide bonds. The molecule has 0 saturated carbocycles. The molecule has 0 bridgehead atoms. The fourth-order valence-electron chi connectivity index (χ4n) is 1.95. The van der Waals surface area contributed by atoms with Crippen LogP contribution in [0.15, 0.2) is 0 Å². The van der Waals surface area contributed by atoms with E-state index in [9.17, 15) is 24.0 Å². The van der Waals surface area contributed by atoms with Gasteiger partial charge >= 0.3 is 11.9 Å². The first kappa shape index (κ1) is 23.3. The molecule has 0 fully saturated rings. The summed E-state index contributed by atoms with van der Waals surface area (Å²) >= 11 is 0. The van der Waals surface area contributed by atoms with Crippen molar-refractivity contribution in [2.75, 3.05) is 6.54 Å². The molecule has 7 N–H and O–H groups in total. The lowest BCUT2D eigenvalue weighted by Crippen LogP contribution is -2.56. The summed E-state index contributed by atoms with van der Waals surface area (Å²) < 4.78 is 0. The van der Waals surface area contributed by atoms with Crippen LogP contribution in [-0.2, 0) is 24.0 Å². The normalized spacial score (nSPS) is 14.0. The zero-order chi connectivity index (χ0) is 20.4. The molecule has 0 spiro atoms. The van der Waals surface area contributed by atoms with Crippen molar-refractivity contribution in [1.29, 1.82) is 0 Å². The Bertz CT molecular complexity index is 548. The van der Waals surface area contributed by atoms with Crippen molar-refractivity contribution in [3.05, 3.63) is 0 Å². The van der Waals surface area contributed by atoms with Crippen LogP contribution < -0.4 is 21.7 Å². The lowest BCUT2D eigenvalue weighted by molar-refractivity contribution is -0.141. The number of hydrogen-bond acceptors (Lipinski definition) is 6. The molecule has 11 heteroatoms. The highest BCUT2D eigenvalue weighted by Gasteiger charge is 2.29. The number of amides is 3. The van der Waals surface area contributed by atoms with Gasteiger partial charge in [-0.2, -0.15) is 0 Å². The molecule has 0 rings (SSSR count). The lowest BCUT2D eigenvalue weighted by Gasteiger charge is -2.24. The van der Waals surface area contributed by atoms with Gasteiger partial charge in [0, 0.05) is 0 Å². The first-order valence-electron chi connectivity index (χ1n) is 8.01. The summed E-state index contributed by atoms with van der Waals surface area (Å²) in [5.41, 5.74) is 5.46. The quantitative estimate of drug-likeness (QED) is 0.240. The van der Waals surface area contributed by atoms with Crippen LogP contribution in [0.25, 0.3) is 0 Å². The molecule has 0 heterocycles. The maximum atomic E-state index is 12.4. The highest BCUT2D eigenvalue weighted by Crippen LogP contribution is 2.06. The third kappa shape index (κ3) is 9.57. The second-order valence-corrected chi connectivity index (χ2v) is 6.25. The Labute approximate surface area is 150 Å². The highest BCUT2D eigenvalue weighted by atomic mass is 16.4. The van der Waals surface area contributed by atoms with Crippen LogP contribution in [0.5, 0.6) is 0 Å². The molecule has 148 valence electrons. The molecule has 3 unspecified atom stereocenters. The molecule has 3 atom stereocenters. The fourth-order valence-corrected chi connectivity index (χ4v) is 1.95. The number of hydrogen-bond donors (Lipinski definition) is 6. The fraction of sp³-hybridized carbons (Fsp3) is 0.667. The molecular formula is C15H26N4O7. The van der Waals surface area contributed by atoms with Gasteiger partial charge in [0.2, 0.25) is 17.7 Å². The van der Waals surface area contributed by atoms with Gasteiger partial charge in [0.1, 0.15) is 18.6 Å². The van der Waals surface area contributed by atoms with Crippen LogP contribution in [0.1, 0.15) is 33.6 Å². The van der Waals surface area contributed by atoms with E-state index in [0.29, 0.717) is 0 Å². The number of carbonyl (C=O) groups is 5. The van der Waals surface area contributed by atoms with Gasteiger partial charge in [-0.25, -0.2) is 0 Å². The zero-order valence-electron chi connectivity index (χ0n) is 14.9. The Balaban J connectivity index is 5.17. The molecular weight excluding hydrogens is 348 g/mol. The van der Waals surface area contributed by atoms with E-state index in [1.165, 1.54) is 6.92 Å². The van der Waals surface area contributed by atoms with Crippen molar-refractivity contribution >= 4 is 29.7 Å². The predicted octanol–water partition coefficient (Wildman–Crippen LogP) is -1.98. The summed E-state index contributed by atoms with van der Waals surface area (Å²) in [6.45, 7) is 4.34. The number of carbonyl (C=O) groups excluding carboxylic acids is 3. The summed E-state index contributed by atoms with van der Waals surface area (Å²) in [5, 5.41) is 24.2. The molecule has 11 nitrogen and oxygen atoms in total. The van der Waals surface area contributed by atoms with Crippen LogP contribution in [-0.4, -0.2) is 64.5 Å².